The fourth-order valence-electron chi connectivity index (χ4n) is 2.89. The number of nitrogens with one attached hydrogen (secondary N) is 1. The van der Waals surface area contributed by atoms with Crippen molar-refractivity contribution in [2.75, 3.05) is 11.8 Å². The molecule has 2 N–H and O–H groups in total. The maximum atomic E-state index is 14.1. The van der Waals surface area contributed by atoms with Gasteiger partial charge in [0.1, 0.15) is 21.6 Å². The van der Waals surface area contributed by atoms with Crippen LogP contribution >= 0.6 is 23.3 Å². The number of hydrogen-bond donors (Lipinski definition) is 2. The number of benzene rings is 3. The van der Waals surface area contributed by atoms with Crippen molar-refractivity contribution in [2.24, 2.45) is 0 Å². The lowest BCUT2D eigenvalue weighted by molar-refractivity contribution is 0.0696. The van der Waals surface area contributed by atoms with Gasteiger partial charge in [-0.25, -0.2) is 14.2 Å². The highest BCUT2D eigenvalue weighted by Crippen LogP contribution is 2.35. The van der Waals surface area contributed by atoms with Gasteiger partial charge in [0.05, 0.1) is 18.4 Å². The summed E-state index contributed by atoms with van der Waals surface area (Å²) in [4.78, 5) is 15.7. The molecule has 8 heteroatoms. The van der Waals surface area contributed by atoms with E-state index in [1.54, 1.807) is 18.2 Å². The topological polar surface area (TPSA) is 71.5 Å². The van der Waals surface area contributed by atoms with Crippen LogP contribution in [0.3, 0.4) is 0 Å². The lowest BCUT2D eigenvalue weighted by Gasteiger charge is -2.10. The molecule has 0 unspecified atom stereocenters. The van der Waals surface area contributed by atoms with E-state index in [0.29, 0.717) is 16.8 Å². The normalized spacial score (nSPS) is 10.8. The van der Waals surface area contributed by atoms with E-state index in [9.17, 15) is 9.18 Å². The summed E-state index contributed by atoms with van der Waals surface area (Å²) in [5, 5.41) is 13.9. The molecule has 1 heterocycles. The Kier molecular flexibility index (Phi) is 5.37. The number of anilines is 1. The summed E-state index contributed by atoms with van der Waals surface area (Å²) in [6, 6.07) is 15.1. The Morgan fingerprint density at radius 3 is 2.72 bits per heavy atom. The van der Waals surface area contributed by atoms with Gasteiger partial charge < -0.3 is 14.6 Å². The molecule has 0 atom stereocenters. The molecule has 0 aliphatic heterocycles. The predicted molar refractivity (Wildman–Crippen MR) is 114 cm³/mol. The maximum Gasteiger partial charge on any atom is 0.335 e. The Labute approximate surface area is 174 Å². The molecule has 0 spiro atoms. The third-order valence-corrected chi connectivity index (χ3v) is 6.06. The van der Waals surface area contributed by atoms with Crippen molar-refractivity contribution >= 4 is 45.7 Å². The van der Waals surface area contributed by atoms with Gasteiger partial charge in [-0.1, -0.05) is 24.3 Å². The zero-order chi connectivity index (χ0) is 20.4. The highest BCUT2D eigenvalue weighted by molar-refractivity contribution is 8.00. The predicted octanol–water partition coefficient (Wildman–Crippen LogP) is 5.93. The molecular formula is C21H15FN2O3S2. The number of aromatic carboxylic acids is 1. The van der Waals surface area contributed by atoms with E-state index in [1.807, 2.05) is 23.6 Å². The second-order valence-electron chi connectivity index (χ2n) is 6.06. The van der Waals surface area contributed by atoms with Crippen molar-refractivity contribution in [1.82, 2.24) is 4.98 Å². The van der Waals surface area contributed by atoms with Gasteiger partial charge in [-0.2, -0.15) is 0 Å². The molecule has 0 saturated heterocycles. The van der Waals surface area contributed by atoms with Crippen molar-refractivity contribution in [3.63, 3.8) is 0 Å². The fourth-order valence-corrected chi connectivity index (χ4v) is 4.53. The fraction of sp³-hybridized carbons (Fsp3) is 0.0476. The summed E-state index contributed by atoms with van der Waals surface area (Å²) in [7, 11) is 1.48. The molecule has 1 aromatic heterocycles. The summed E-state index contributed by atoms with van der Waals surface area (Å²) in [6.07, 6.45) is 0. The van der Waals surface area contributed by atoms with E-state index >= 15 is 0 Å². The molecule has 0 aliphatic carbocycles. The number of hydrogen-bond acceptors (Lipinski definition) is 6. The Morgan fingerprint density at radius 2 is 1.97 bits per heavy atom. The number of fused-ring (bicyclic) bond motifs is 1. The van der Waals surface area contributed by atoms with Crippen LogP contribution in [0.1, 0.15) is 10.4 Å². The number of carboxylic acid groups (broad SMARTS) is 1. The molecule has 5 nitrogen and oxygen atoms in total. The van der Waals surface area contributed by atoms with Crippen LogP contribution in [0.25, 0.3) is 21.3 Å². The minimum Gasteiger partial charge on any atom is -0.495 e. The Balaban J connectivity index is 1.57. The highest BCUT2D eigenvalue weighted by atomic mass is 32.2. The molecule has 0 bridgehead atoms. The second kappa shape index (κ2) is 8.10. The molecule has 146 valence electrons. The molecule has 0 radical (unpaired) electrons. The average Bonchev–Trinajstić information content (AvgIpc) is 3.21. The number of methoxy groups -OCH3 is 1. The largest absolute Gasteiger partial charge is 0.495 e. The van der Waals surface area contributed by atoms with Crippen LogP contribution in [-0.2, 0) is 0 Å². The monoisotopic (exact) mass is 426 g/mol. The number of carbonyl (C=O) groups is 1. The average molecular weight is 426 g/mol. The van der Waals surface area contributed by atoms with Gasteiger partial charge in [0.2, 0.25) is 0 Å². The number of carboxylic acids is 1. The number of halogens is 1. The van der Waals surface area contributed by atoms with Crippen LogP contribution in [-0.4, -0.2) is 23.2 Å². The van der Waals surface area contributed by atoms with E-state index in [-0.39, 0.29) is 11.4 Å². The van der Waals surface area contributed by atoms with Gasteiger partial charge in [-0.3, -0.25) is 0 Å². The molecule has 0 aliphatic rings. The van der Waals surface area contributed by atoms with E-state index in [4.69, 9.17) is 9.84 Å². The second-order valence-corrected chi connectivity index (χ2v) is 7.74. The third kappa shape index (κ3) is 3.90. The summed E-state index contributed by atoms with van der Waals surface area (Å²) >= 11 is 2.76. The molecule has 0 saturated carbocycles. The van der Waals surface area contributed by atoms with Crippen LogP contribution in [0.15, 0.2) is 65.0 Å². The summed E-state index contributed by atoms with van der Waals surface area (Å²) < 4.78 is 22.5. The third-order valence-electron chi connectivity index (χ3n) is 4.30. The van der Waals surface area contributed by atoms with Crippen LogP contribution in [0.4, 0.5) is 10.1 Å². The summed E-state index contributed by atoms with van der Waals surface area (Å²) in [5.41, 5.74) is 1.67. The smallest absolute Gasteiger partial charge is 0.335 e. The van der Waals surface area contributed by atoms with Crippen LogP contribution in [0.5, 0.6) is 5.75 Å². The Morgan fingerprint density at radius 1 is 1.17 bits per heavy atom. The maximum absolute atomic E-state index is 14.1. The number of nitrogens with zero attached hydrogens (tertiary/aromatic N) is 1. The minimum absolute atomic E-state index is 0.150. The van der Waals surface area contributed by atoms with Crippen molar-refractivity contribution in [3.8, 4) is 16.3 Å². The van der Waals surface area contributed by atoms with Crippen LogP contribution < -0.4 is 9.46 Å². The van der Waals surface area contributed by atoms with Crippen molar-refractivity contribution in [2.45, 2.75) is 5.03 Å². The SMILES string of the molecule is COc1cc(C(=O)O)ccc1NSc1csc(-c2ccc(F)c3ccccc23)n1. The molecule has 0 fully saturated rings. The summed E-state index contributed by atoms with van der Waals surface area (Å²) in [6.45, 7) is 0. The van der Waals surface area contributed by atoms with E-state index in [2.05, 4.69) is 9.71 Å². The van der Waals surface area contributed by atoms with E-state index < -0.39 is 5.97 Å². The minimum atomic E-state index is -1.02. The first-order valence-electron chi connectivity index (χ1n) is 8.54. The molecule has 0 amide bonds. The molecule has 4 aromatic rings. The first-order valence-corrected chi connectivity index (χ1v) is 10.2. The van der Waals surface area contributed by atoms with Gasteiger partial charge in [-0.15, -0.1) is 11.3 Å². The van der Waals surface area contributed by atoms with Crippen LogP contribution in [0.2, 0.25) is 0 Å². The highest BCUT2D eigenvalue weighted by Gasteiger charge is 2.13. The zero-order valence-corrected chi connectivity index (χ0v) is 16.8. The van der Waals surface area contributed by atoms with Gasteiger partial charge in [-0.05, 0) is 35.7 Å². The van der Waals surface area contributed by atoms with E-state index in [0.717, 1.165) is 21.0 Å². The van der Waals surface area contributed by atoms with Crippen molar-refractivity contribution in [1.29, 1.82) is 0 Å². The van der Waals surface area contributed by atoms with Crippen molar-refractivity contribution in [3.05, 3.63) is 71.4 Å². The molecular weight excluding hydrogens is 411 g/mol. The standard InChI is InChI=1S/C21H15FN2O3S2/c1-27-18-10-12(21(25)26)6-9-17(18)24-29-19-11-28-20(23-19)15-7-8-16(22)14-5-3-2-4-13(14)15/h2-11,24H,1H3,(H,25,26). The van der Waals surface area contributed by atoms with Gasteiger partial charge in [0, 0.05) is 28.3 Å². The molecule has 29 heavy (non-hydrogen) atoms. The number of rotatable bonds is 6. The lowest BCUT2D eigenvalue weighted by Crippen LogP contribution is -1.99. The zero-order valence-electron chi connectivity index (χ0n) is 15.2. The lowest BCUT2D eigenvalue weighted by atomic mass is 10.0. The Hall–Kier alpha value is -3.10. The van der Waals surface area contributed by atoms with E-state index in [1.165, 1.54) is 48.6 Å². The van der Waals surface area contributed by atoms with Gasteiger partial charge >= 0.3 is 5.97 Å². The number of ether oxygens (including phenoxy) is 1. The number of thiazole rings is 1. The van der Waals surface area contributed by atoms with Gasteiger partial charge in [0.25, 0.3) is 0 Å². The molecule has 3 aromatic carbocycles. The van der Waals surface area contributed by atoms with Gasteiger partial charge in [0.15, 0.2) is 0 Å². The molecule has 4 rings (SSSR count). The van der Waals surface area contributed by atoms with Crippen molar-refractivity contribution < 1.29 is 19.0 Å². The Bertz CT molecular complexity index is 1210. The number of aromatic nitrogens is 1. The quantitative estimate of drug-likeness (QED) is 0.373. The summed E-state index contributed by atoms with van der Waals surface area (Å²) in [5.74, 6) is -0.843. The van der Waals surface area contributed by atoms with Crippen LogP contribution in [0, 0.1) is 5.82 Å². The first kappa shape index (κ1) is 19.2. The first-order chi connectivity index (χ1) is 14.1.